The average molecular weight is 278 g/mol. The van der Waals surface area contributed by atoms with E-state index in [0.717, 1.165) is 30.2 Å². The van der Waals surface area contributed by atoms with Gasteiger partial charge in [-0.3, -0.25) is 0 Å². The number of nitrogens with zero attached hydrogens (tertiary/aromatic N) is 1. The van der Waals surface area contributed by atoms with Crippen LogP contribution < -0.4 is 14.8 Å². The van der Waals surface area contributed by atoms with E-state index in [2.05, 4.69) is 23.3 Å². The second-order valence-corrected chi connectivity index (χ2v) is 5.36. The summed E-state index contributed by atoms with van der Waals surface area (Å²) in [6, 6.07) is 6.65. The molecule has 2 rings (SSSR count). The Kier molecular flexibility index (Phi) is 5.68. The number of nitrogens with one attached hydrogen (secondary N) is 1. The fraction of sp³-hybridized carbons (Fsp3) is 0.625. The highest BCUT2D eigenvalue weighted by molar-refractivity contribution is 5.46. The second-order valence-electron chi connectivity index (χ2n) is 5.36. The van der Waals surface area contributed by atoms with Gasteiger partial charge in [0.2, 0.25) is 0 Å². The Balaban J connectivity index is 1.99. The molecule has 1 saturated heterocycles. The van der Waals surface area contributed by atoms with E-state index >= 15 is 0 Å². The molecule has 0 aromatic heterocycles. The predicted octanol–water partition coefficient (Wildman–Crippen LogP) is 2.28. The van der Waals surface area contributed by atoms with Crippen molar-refractivity contribution in [1.29, 1.82) is 0 Å². The number of hydrogen-bond acceptors (Lipinski definition) is 4. The monoisotopic (exact) mass is 278 g/mol. The third-order valence-electron chi connectivity index (χ3n) is 3.77. The van der Waals surface area contributed by atoms with Crippen LogP contribution in [0.4, 0.5) is 0 Å². The molecule has 4 nitrogen and oxygen atoms in total. The summed E-state index contributed by atoms with van der Waals surface area (Å²) in [6.07, 6.45) is 2.52. The largest absolute Gasteiger partial charge is 0.493 e. The standard InChI is InChI=1S/C16H26N2O2/c1-4-20-15-9-5-7-13(16(15)19-3)11-17-14-8-6-10-18(2)12-14/h5,7,9,14,17H,4,6,8,10-12H2,1-3H3. The van der Waals surface area contributed by atoms with E-state index in [1.54, 1.807) is 7.11 Å². The maximum atomic E-state index is 5.62. The zero-order valence-corrected chi connectivity index (χ0v) is 12.8. The van der Waals surface area contributed by atoms with Crippen LogP contribution >= 0.6 is 0 Å². The summed E-state index contributed by atoms with van der Waals surface area (Å²) in [5, 5.41) is 3.64. The molecule has 112 valence electrons. The van der Waals surface area contributed by atoms with Crippen molar-refractivity contribution in [3.05, 3.63) is 23.8 Å². The molecule has 0 spiro atoms. The van der Waals surface area contributed by atoms with E-state index < -0.39 is 0 Å². The van der Waals surface area contributed by atoms with Gasteiger partial charge in [0.25, 0.3) is 0 Å². The van der Waals surface area contributed by atoms with Crippen molar-refractivity contribution in [2.45, 2.75) is 32.4 Å². The van der Waals surface area contributed by atoms with E-state index in [9.17, 15) is 0 Å². The molecule has 1 aromatic rings. The van der Waals surface area contributed by atoms with Gasteiger partial charge in [0.05, 0.1) is 13.7 Å². The molecule has 0 radical (unpaired) electrons. The smallest absolute Gasteiger partial charge is 0.165 e. The molecule has 0 aliphatic carbocycles. The summed E-state index contributed by atoms with van der Waals surface area (Å²) in [6.45, 7) is 5.79. The number of likely N-dealkylation sites (tertiary alicyclic amines) is 1. The van der Waals surface area contributed by atoms with Crippen LogP contribution in [-0.4, -0.2) is 44.8 Å². The van der Waals surface area contributed by atoms with E-state index in [1.165, 1.54) is 19.4 Å². The molecule has 1 unspecified atom stereocenters. The summed E-state index contributed by atoms with van der Waals surface area (Å²) in [4.78, 5) is 2.38. The Morgan fingerprint density at radius 3 is 2.95 bits per heavy atom. The van der Waals surface area contributed by atoms with Crippen molar-refractivity contribution in [2.24, 2.45) is 0 Å². The van der Waals surface area contributed by atoms with Crippen molar-refractivity contribution in [3.63, 3.8) is 0 Å². The molecule has 0 bridgehead atoms. The van der Waals surface area contributed by atoms with Crippen LogP contribution in [0.25, 0.3) is 0 Å². The lowest BCUT2D eigenvalue weighted by atomic mass is 10.1. The van der Waals surface area contributed by atoms with Crippen LogP contribution in [0.5, 0.6) is 11.5 Å². The summed E-state index contributed by atoms with van der Waals surface area (Å²) in [5.74, 6) is 1.68. The molecule has 0 saturated carbocycles. The topological polar surface area (TPSA) is 33.7 Å². The van der Waals surface area contributed by atoms with Gasteiger partial charge in [-0.25, -0.2) is 0 Å². The number of methoxy groups -OCH3 is 1. The minimum Gasteiger partial charge on any atom is -0.493 e. The van der Waals surface area contributed by atoms with Gasteiger partial charge >= 0.3 is 0 Å². The van der Waals surface area contributed by atoms with Crippen LogP contribution in [0.1, 0.15) is 25.3 Å². The third-order valence-corrected chi connectivity index (χ3v) is 3.77. The van der Waals surface area contributed by atoms with Crippen LogP contribution in [0.2, 0.25) is 0 Å². The Labute approximate surface area is 122 Å². The highest BCUT2D eigenvalue weighted by Gasteiger charge is 2.17. The van der Waals surface area contributed by atoms with Gasteiger partial charge < -0.3 is 19.7 Å². The van der Waals surface area contributed by atoms with Crippen molar-refractivity contribution in [2.75, 3.05) is 33.9 Å². The normalized spacial score (nSPS) is 19.9. The molecule has 0 amide bonds. The lowest BCUT2D eigenvalue weighted by Gasteiger charge is -2.30. The predicted molar refractivity (Wildman–Crippen MR) is 81.5 cm³/mol. The molecular formula is C16H26N2O2. The molecule has 1 fully saturated rings. The molecule has 1 aliphatic rings. The first kappa shape index (κ1) is 15.1. The van der Waals surface area contributed by atoms with Crippen LogP contribution in [0.3, 0.4) is 0 Å². The maximum absolute atomic E-state index is 5.62. The fourth-order valence-corrected chi connectivity index (χ4v) is 2.79. The van der Waals surface area contributed by atoms with Gasteiger partial charge in [-0.1, -0.05) is 12.1 Å². The zero-order valence-electron chi connectivity index (χ0n) is 12.8. The second kappa shape index (κ2) is 7.50. The molecule has 1 aliphatic heterocycles. The summed E-state index contributed by atoms with van der Waals surface area (Å²) in [5.41, 5.74) is 1.16. The van der Waals surface area contributed by atoms with Crippen molar-refractivity contribution in [3.8, 4) is 11.5 Å². The van der Waals surface area contributed by atoms with Gasteiger partial charge in [0, 0.05) is 24.7 Å². The van der Waals surface area contributed by atoms with Crippen LogP contribution in [-0.2, 0) is 6.54 Å². The van der Waals surface area contributed by atoms with Gasteiger partial charge in [0.15, 0.2) is 11.5 Å². The van der Waals surface area contributed by atoms with Gasteiger partial charge in [-0.15, -0.1) is 0 Å². The lowest BCUT2D eigenvalue weighted by molar-refractivity contribution is 0.226. The third kappa shape index (κ3) is 3.87. The van der Waals surface area contributed by atoms with Crippen LogP contribution in [0.15, 0.2) is 18.2 Å². The SMILES string of the molecule is CCOc1cccc(CNC2CCCN(C)C2)c1OC. The Morgan fingerprint density at radius 1 is 1.40 bits per heavy atom. The fourth-order valence-electron chi connectivity index (χ4n) is 2.79. The number of rotatable bonds is 6. The molecule has 1 heterocycles. The minimum atomic E-state index is 0.564. The van der Waals surface area contributed by atoms with Crippen LogP contribution in [0, 0.1) is 0 Å². The Bertz CT molecular complexity index is 423. The first-order valence-electron chi connectivity index (χ1n) is 7.45. The molecule has 1 aromatic carbocycles. The average Bonchev–Trinajstić information content (AvgIpc) is 2.45. The molecule has 1 atom stereocenters. The van der Waals surface area contributed by atoms with E-state index in [-0.39, 0.29) is 0 Å². The number of piperidine rings is 1. The zero-order chi connectivity index (χ0) is 14.4. The minimum absolute atomic E-state index is 0.564. The van der Waals surface area contributed by atoms with Gasteiger partial charge in [-0.2, -0.15) is 0 Å². The number of benzene rings is 1. The molecular weight excluding hydrogens is 252 g/mol. The van der Waals surface area contributed by atoms with Crippen molar-refractivity contribution in [1.82, 2.24) is 10.2 Å². The first-order valence-corrected chi connectivity index (χ1v) is 7.45. The number of likely N-dealkylation sites (N-methyl/N-ethyl adjacent to an activating group) is 1. The number of hydrogen-bond donors (Lipinski definition) is 1. The Morgan fingerprint density at radius 2 is 2.25 bits per heavy atom. The van der Waals surface area contributed by atoms with Gasteiger partial charge in [0.1, 0.15) is 0 Å². The summed E-state index contributed by atoms with van der Waals surface area (Å²) in [7, 11) is 3.89. The van der Waals surface area contributed by atoms with E-state index in [4.69, 9.17) is 9.47 Å². The number of para-hydroxylation sites is 1. The summed E-state index contributed by atoms with van der Waals surface area (Å²) >= 11 is 0. The highest BCUT2D eigenvalue weighted by Crippen LogP contribution is 2.31. The van der Waals surface area contributed by atoms with E-state index in [1.807, 2.05) is 19.1 Å². The van der Waals surface area contributed by atoms with Crippen molar-refractivity contribution < 1.29 is 9.47 Å². The Hall–Kier alpha value is -1.26. The molecule has 1 N–H and O–H groups in total. The quantitative estimate of drug-likeness (QED) is 0.865. The molecule has 4 heteroatoms. The highest BCUT2D eigenvalue weighted by atomic mass is 16.5. The first-order chi connectivity index (χ1) is 9.74. The van der Waals surface area contributed by atoms with Gasteiger partial charge in [-0.05, 0) is 39.4 Å². The maximum Gasteiger partial charge on any atom is 0.165 e. The molecule has 20 heavy (non-hydrogen) atoms. The number of ether oxygens (including phenoxy) is 2. The summed E-state index contributed by atoms with van der Waals surface area (Å²) < 4.78 is 11.1. The van der Waals surface area contributed by atoms with E-state index in [0.29, 0.717) is 12.6 Å². The lowest BCUT2D eigenvalue weighted by Crippen LogP contribution is -2.43. The van der Waals surface area contributed by atoms with Crippen molar-refractivity contribution >= 4 is 0 Å².